The fourth-order valence-electron chi connectivity index (χ4n) is 0.730. The van der Waals surface area contributed by atoms with Crippen LogP contribution in [0, 0.1) is 0 Å². The van der Waals surface area contributed by atoms with Crippen molar-refractivity contribution in [3.63, 3.8) is 0 Å². The molecule has 0 unspecified atom stereocenters. The molecule has 0 aromatic carbocycles. The Morgan fingerprint density at radius 1 is 0.741 bits per heavy atom. The molecule has 0 aliphatic rings. The molecule has 0 saturated carbocycles. The Hall–Kier alpha value is -1.03. The normalized spacial score (nSPS) is 14.0. The molecule has 0 fully saturated rings. The molecule has 0 atom stereocenters. The van der Waals surface area contributed by atoms with Gasteiger partial charge in [-0.3, -0.25) is 0 Å². The Labute approximate surface area is 155 Å². The van der Waals surface area contributed by atoms with Crippen LogP contribution in [0.15, 0.2) is 18.7 Å². The molecular weight excluding hydrogens is 451 g/mol. The average Bonchev–Trinajstić information content (AvgIpc) is 2.92. The number of imidazole rings is 1. The van der Waals surface area contributed by atoms with Gasteiger partial charge in [0.15, 0.2) is 20.0 Å². The first-order valence-corrected chi connectivity index (χ1v) is 8.14. The Kier molecular flexibility index (Phi) is 8.92. The number of nitrogens with zero attached hydrogens (tertiary/aromatic N) is 2. The minimum Gasteiger partial charge on any atom is -0.425 e. The van der Waals surface area contributed by atoms with E-state index in [2.05, 4.69) is 9.97 Å². The zero-order valence-corrected chi connectivity index (χ0v) is 14.0. The molecule has 1 aromatic rings. The number of halogens is 10. The molecular formula is C7H4F10LiN3O4S2. The van der Waals surface area contributed by atoms with Gasteiger partial charge in [0, 0.05) is 12.4 Å². The van der Waals surface area contributed by atoms with Crippen molar-refractivity contribution in [2.24, 2.45) is 0 Å². The Morgan fingerprint density at radius 3 is 1.22 bits per heavy atom. The molecule has 0 aliphatic carbocycles. The summed E-state index contributed by atoms with van der Waals surface area (Å²) in [5.41, 5.74) is 0. The number of rotatable bonds is 4. The van der Waals surface area contributed by atoms with Gasteiger partial charge in [-0.2, -0.15) is 43.9 Å². The molecule has 0 saturated heterocycles. The number of nitrogens with one attached hydrogen (secondary N) is 1. The van der Waals surface area contributed by atoms with Crippen molar-refractivity contribution in [2.75, 3.05) is 0 Å². The van der Waals surface area contributed by atoms with E-state index in [4.69, 9.17) is 0 Å². The molecule has 0 amide bonds. The molecule has 7 nitrogen and oxygen atoms in total. The molecule has 1 rings (SSSR count). The van der Waals surface area contributed by atoms with Crippen LogP contribution in [0.25, 0.3) is 4.13 Å². The maximum Gasteiger partial charge on any atom is 1.00 e. The molecule has 27 heavy (non-hydrogen) atoms. The predicted molar refractivity (Wildman–Crippen MR) is 61.8 cm³/mol. The first-order valence-electron chi connectivity index (χ1n) is 5.26. The van der Waals surface area contributed by atoms with Gasteiger partial charge in [-0.1, -0.05) is 0 Å². The van der Waals surface area contributed by atoms with Crippen LogP contribution in [-0.4, -0.2) is 49.7 Å². The molecule has 1 aromatic heterocycles. The molecule has 1 heterocycles. The van der Waals surface area contributed by atoms with Crippen molar-refractivity contribution in [3.05, 3.63) is 22.8 Å². The zero-order chi connectivity index (χ0) is 21.2. The van der Waals surface area contributed by atoms with Gasteiger partial charge in [0.1, 0.15) is 0 Å². The number of hydrogen-bond donors (Lipinski definition) is 1. The molecule has 154 valence electrons. The van der Waals surface area contributed by atoms with Gasteiger partial charge in [0.2, 0.25) is 0 Å². The molecule has 1 N–H and O–H groups in total. The summed E-state index contributed by atoms with van der Waals surface area (Å²) in [6.45, 7) is 0. The Bertz CT molecular complexity index is 717. The third-order valence-corrected chi connectivity index (χ3v) is 5.24. The van der Waals surface area contributed by atoms with E-state index < -0.39 is 42.9 Å². The number of H-pyrrole nitrogens is 1. The fourth-order valence-corrected chi connectivity index (χ4v) is 3.10. The largest absolute Gasteiger partial charge is 1.00 e. The standard InChI is InChI=1S/C4F10NO4S2.C3H4N2.Li/c5-1(6,7)3(11,12)20(16,17)15-21(18,19)4(13,14)2(8,9)10;1-2-5-3-4-1;/h;1-3H,(H,4,5);/q-1;;+1. The maximum absolute atomic E-state index is 12.3. The minimum atomic E-state index is -7.62. The summed E-state index contributed by atoms with van der Waals surface area (Å²) in [7, 11) is -15.2. The van der Waals surface area contributed by atoms with E-state index in [1.807, 2.05) is 0 Å². The number of sulfonamides is 2. The van der Waals surface area contributed by atoms with E-state index in [1.54, 1.807) is 18.7 Å². The van der Waals surface area contributed by atoms with Crippen molar-refractivity contribution < 1.29 is 79.6 Å². The number of aromatic amines is 1. The van der Waals surface area contributed by atoms with Crippen LogP contribution in [0.5, 0.6) is 0 Å². The van der Waals surface area contributed by atoms with E-state index in [9.17, 15) is 60.7 Å². The molecule has 20 heteroatoms. The van der Waals surface area contributed by atoms with E-state index in [-0.39, 0.29) is 18.9 Å². The van der Waals surface area contributed by atoms with Crippen molar-refractivity contribution in [1.82, 2.24) is 9.97 Å². The number of aromatic nitrogens is 2. The first-order chi connectivity index (χ1) is 11.2. The molecule has 0 bridgehead atoms. The summed E-state index contributed by atoms with van der Waals surface area (Å²) in [5.74, 6) is 0. The van der Waals surface area contributed by atoms with Crippen LogP contribution < -0.4 is 18.9 Å². The summed E-state index contributed by atoms with van der Waals surface area (Å²) >= 11 is 0. The Morgan fingerprint density at radius 2 is 1.07 bits per heavy atom. The first kappa shape index (κ1) is 28.2. The summed E-state index contributed by atoms with van der Waals surface area (Å²) in [4.78, 5) is 6.42. The van der Waals surface area contributed by atoms with Crippen LogP contribution in [0.4, 0.5) is 43.9 Å². The van der Waals surface area contributed by atoms with Crippen LogP contribution in [0.3, 0.4) is 0 Å². The van der Waals surface area contributed by atoms with E-state index in [0.717, 1.165) is 0 Å². The summed E-state index contributed by atoms with van der Waals surface area (Å²) < 4.78 is 161. The second-order valence-electron chi connectivity index (χ2n) is 3.81. The van der Waals surface area contributed by atoms with Gasteiger partial charge < -0.3 is 9.11 Å². The monoisotopic (exact) mass is 455 g/mol. The van der Waals surface area contributed by atoms with Gasteiger partial charge in [-0.25, -0.2) is 21.8 Å². The molecule has 0 radical (unpaired) electrons. The minimum absolute atomic E-state index is 0. The third-order valence-electron chi connectivity index (χ3n) is 1.91. The molecule has 0 aliphatic heterocycles. The fraction of sp³-hybridized carbons (Fsp3) is 0.571. The van der Waals surface area contributed by atoms with E-state index in [1.165, 1.54) is 0 Å². The van der Waals surface area contributed by atoms with Crippen LogP contribution in [0.1, 0.15) is 0 Å². The SMILES string of the molecule is O=S(=O)([N-]S(=O)(=O)C(F)(F)C(F)(F)F)C(F)(F)C(F)(F)F.[Li+].c1c[nH]cn1. The van der Waals surface area contributed by atoms with Crippen molar-refractivity contribution >= 4 is 20.0 Å². The quantitative estimate of drug-likeness (QED) is 0.497. The van der Waals surface area contributed by atoms with Crippen LogP contribution >= 0.6 is 0 Å². The van der Waals surface area contributed by atoms with Gasteiger partial charge >= 0.3 is 41.7 Å². The second-order valence-corrected chi connectivity index (χ2v) is 7.34. The maximum atomic E-state index is 12.3. The van der Waals surface area contributed by atoms with Gasteiger partial charge in [-0.15, -0.1) is 0 Å². The Balaban J connectivity index is 0. The van der Waals surface area contributed by atoms with Crippen molar-refractivity contribution in [1.29, 1.82) is 0 Å². The summed E-state index contributed by atoms with van der Waals surface area (Å²) in [6, 6.07) is 0. The number of hydrogen-bond acceptors (Lipinski definition) is 5. The zero-order valence-electron chi connectivity index (χ0n) is 12.4. The van der Waals surface area contributed by atoms with Gasteiger partial charge in [-0.05, 0) is 0 Å². The van der Waals surface area contributed by atoms with E-state index in [0.29, 0.717) is 4.13 Å². The van der Waals surface area contributed by atoms with Crippen molar-refractivity contribution in [3.8, 4) is 0 Å². The van der Waals surface area contributed by atoms with Crippen molar-refractivity contribution in [2.45, 2.75) is 22.9 Å². The number of alkyl halides is 10. The topological polar surface area (TPSA) is 111 Å². The van der Waals surface area contributed by atoms with E-state index >= 15 is 0 Å². The van der Waals surface area contributed by atoms with Crippen LogP contribution in [-0.2, 0) is 20.0 Å². The predicted octanol–water partition coefficient (Wildman–Crippen LogP) is -0.256. The second kappa shape index (κ2) is 8.55. The van der Waals surface area contributed by atoms with Gasteiger partial charge in [0.05, 0.1) is 6.33 Å². The molecule has 0 spiro atoms. The average molecular weight is 455 g/mol. The summed E-state index contributed by atoms with van der Waals surface area (Å²) in [6.07, 6.45) is -8.92. The smallest absolute Gasteiger partial charge is 0.425 e. The third kappa shape index (κ3) is 6.23. The van der Waals surface area contributed by atoms with Crippen LogP contribution in [0.2, 0.25) is 0 Å². The van der Waals surface area contributed by atoms with Gasteiger partial charge in [0.25, 0.3) is 0 Å². The summed E-state index contributed by atoms with van der Waals surface area (Å²) in [5, 5.41) is -14.0.